The Morgan fingerprint density at radius 2 is 1.23 bits per heavy atom. The van der Waals surface area contributed by atoms with E-state index in [1.807, 2.05) is 34.9 Å². The molecule has 0 atom stereocenters. The van der Waals surface area contributed by atoms with E-state index in [1.165, 1.54) is 0 Å². The molecule has 5 heteroatoms. The number of fused-ring (bicyclic) bond motifs is 6. The zero-order chi connectivity index (χ0) is 41.2. The molecule has 4 aromatic heterocycles. The summed E-state index contributed by atoms with van der Waals surface area (Å²) in [6.07, 6.45) is 3.38. The van der Waals surface area contributed by atoms with Gasteiger partial charge in [-0.2, -0.15) is 0 Å². The van der Waals surface area contributed by atoms with Crippen LogP contribution in [0.4, 0.5) is 0 Å². The van der Waals surface area contributed by atoms with Crippen LogP contribution in [0, 0.1) is 0 Å². The van der Waals surface area contributed by atoms with Crippen LogP contribution in [-0.4, -0.2) is 24.1 Å². The Morgan fingerprint density at radius 1 is 0.545 bits per heavy atom. The number of aromatic nitrogens is 5. The number of nitrogens with zero attached hydrogens (tertiary/aromatic N) is 5. The lowest BCUT2D eigenvalue weighted by molar-refractivity contribution is 1.04. The monoisotopic (exact) mass is 577 g/mol. The molecule has 0 fully saturated rings. The summed E-state index contributed by atoms with van der Waals surface area (Å²) < 4.78 is 126. The van der Waals surface area contributed by atoms with Gasteiger partial charge in [0.2, 0.25) is 0 Å². The molecular formula is C39H25N5. The van der Waals surface area contributed by atoms with E-state index in [0.29, 0.717) is 11.3 Å². The van der Waals surface area contributed by atoms with E-state index in [4.69, 9.17) is 27.8 Å². The molecule has 0 unspecified atom stereocenters. The smallest absolute Gasteiger partial charge is 0.164 e. The third-order valence-electron chi connectivity index (χ3n) is 7.50. The largest absolute Gasteiger partial charge is 0.308 e. The minimum Gasteiger partial charge on any atom is -0.308 e. The van der Waals surface area contributed by atoms with Gasteiger partial charge in [0.1, 0.15) is 5.82 Å². The molecule has 9 aromatic rings. The second-order valence-electron chi connectivity index (χ2n) is 9.89. The Hall–Kier alpha value is -6.07. The van der Waals surface area contributed by atoms with Crippen molar-refractivity contribution in [2.75, 3.05) is 0 Å². The molecule has 0 N–H and O–H groups in total. The zero-order valence-electron chi connectivity index (χ0n) is 36.6. The first-order chi connectivity index (χ1) is 27.7. The van der Waals surface area contributed by atoms with Gasteiger partial charge in [0, 0.05) is 51.1 Å². The molecule has 9 rings (SSSR count). The van der Waals surface area contributed by atoms with Crippen molar-refractivity contribution in [3.8, 4) is 34.2 Å². The fourth-order valence-corrected chi connectivity index (χ4v) is 5.67. The first-order valence-corrected chi connectivity index (χ1v) is 13.6. The molecule has 206 valence electrons. The maximum absolute atomic E-state index is 9.63. The van der Waals surface area contributed by atoms with Crippen molar-refractivity contribution in [2.24, 2.45) is 0 Å². The molecule has 0 radical (unpaired) electrons. The van der Waals surface area contributed by atoms with Gasteiger partial charge in [0.15, 0.2) is 5.82 Å². The first kappa shape index (κ1) is 14.4. The van der Waals surface area contributed by atoms with Crippen molar-refractivity contribution in [1.82, 2.24) is 24.1 Å². The number of hydrogen-bond acceptors (Lipinski definition) is 3. The minimum atomic E-state index is -0.698. The van der Waals surface area contributed by atoms with Gasteiger partial charge in [-0.1, -0.05) is 96.8 Å². The van der Waals surface area contributed by atoms with Crippen LogP contribution >= 0.6 is 0 Å². The Morgan fingerprint density at radius 3 is 2.05 bits per heavy atom. The third kappa shape index (κ3) is 3.69. The summed E-state index contributed by atoms with van der Waals surface area (Å²) in [4.78, 5) is 13.9. The van der Waals surface area contributed by atoms with Crippen molar-refractivity contribution < 1.29 is 19.2 Å². The van der Waals surface area contributed by atoms with Crippen molar-refractivity contribution in [2.45, 2.75) is 0 Å². The van der Waals surface area contributed by atoms with Crippen LogP contribution in [0.1, 0.15) is 19.2 Å². The molecule has 0 aliphatic heterocycles. The van der Waals surface area contributed by atoms with Gasteiger partial charge in [0.05, 0.1) is 52.6 Å². The van der Waals surface area contributed by atoms with Gasteiger partial charge >= 0.3 is 0 Å². The normalized spacial score (nSPS) is 16.1. The topological polar surface area (TPSA) is 48.5 Å². The minimum absolute atomic E-state index is 0.139. The molecule has 44 heavy (non-hydrogen) atoms. The summed E-state index contributed by atoms with van der Waals surface area (Å²) in [6, 6.07) is 7.25. The first-order valence-electron chi connectivity index (χ1n) is 20.6. The summed E-state index contributed by atoms with van der Waals surface area (Å²) in [6.45, 7) is 0. The van der Waals surface area contributed by atoms with Crippen LogP contribution in [0.15, 0.2) is 152 Å². The Bertz CT molecular complexity index is 3140. The molecule has 5 aromatic carbocycles. The quantitative estimate of drug-likeness (QED) is 0.209. The van der Waals surface area contributed by atoms with Gasteiger partial charge in [-0.25, -0.2) is 9.97 Å². The van der Waals surface area contributed by atoms with Crippen molar-refractivity contribution >= 4 is 43.6 Å². The average molecular weight is 578 g/mol. The van der Waals surface area contributed by atoms with E-state index < -0.39 is 102 Å². The molecular weight excluding hydrogens is 538 g/mol. The van der Waals surface area contributed by atoms with Crippen LogP contribution < -0.4 is 0 Å². The van der Waals surface area contributed by atoms with Gasteiger partial charge < -0.3 is 4.57 Å². The highest BCUT2D eigenvalue weighted by molar-refractivity contribution is 6.10. The van der Waals surface area contributed by atoms with E-state index in [2.05, 4.69) is 4.98 Å². The summed E-state index contributed by atoms with van der Waals surface area (Å²) in [5.74, 6) is -0.580. The second-order valence-corrected chi connectivity index (χ2v) is 9.89. The number of benzene rings is 5. The lowest BCUT2D eigenvalue weighted by Crippen LogP contribution is -2.04. The average Bonchev–Trinajstić information content (AvgIpc) is 3.77. The highest BCUT2D eigenvalue weighted by Crippen LogP contribution is 2.37. The van der Waals surface area contributed by atoms with Gasteiger partial charge in [0.25, 0.3) is 0 Å². The van der Waals surface area contributed by atoms with Gasteiger partial charge in [-0.15, -0.1) is 0 Å². The molecule has 0 saturated heterocycles. The summed E-state index contributed by atoms with van der Waals surface area (Å²) >= 11 is 0. The van der Waals surface area contributed by atoms with Crippen molar-refractivity contribution in [3.05, 3.63) is 152 Å². The fraction of sp³-hybridized carbons (Fsp3) is 0. The molecule has 0 aliphatic carbocycles. The van der Waals surface area contributed by atoms with E-state index in [-0.39, 0.29) is 27.6 Å². The van der Waals surface area contributed by atoms with E-state index in [0.717, 1.165) is 26.4 Å². The molecule has 0 aliphatic rings. The van der Waals surface area contributed by atoms with Gasteiger partial charge in [-0.3, -0.25) is 9.55 Å². The number of hydrogen-bond donors (Lipinski definition) is 0. The van der Waals surface area contributed by atoms with Gasteiger partial charge in [-0.05, 0) is 36.4 Å². The molecule has 4 heterocycles. The fourth-order valence-electron chi connectivity index (χ4n) is 5.67. The Balaban J connectivity index is 1.50. The van der Waals surface area contributed by atoms with E-state index in [1.54, 1.807) is 36.7 Å². The number of rotatable bonds is 4. The second kappa shape index (κ2) is 9.75. The SMILES string of the molecule is [2H]c1c(-c2c([2H])c([2H])c([2H])c([2H])c2[2H])nc(-c2ccccc2-n2c3ccccc3c3cnccc32)nc1-n1c2c([2H])c([2H])c([2H])c([2H])c2c2c([2H])c([2H])c([2H])c([2H])c21. The highest BCUT2D eigenvalue weighted by Gasteiger charge is 2.20. The molecule has 0 bridgehead atoms. The van der Waals surface area contributed by atoms with E-state index in [9.17, 15) is 1.37 Å². The number of para-hydroxylation sites is 4. The molecule has 0 spiro atoms. The highest BCUT2D eigenvalue weighted by atomic mass is 15.1. The Kier molecular flexibility index (Phi) is 3.19. The standard InChI is InChI=1S/C39H25N5/c1-2-12-26(13-3-1)32-24-38(44-34-19-9-4-14-27(34)28-15-5-10-20-35(28)44)42-39(41-32)30-17-7-11-21-36(30)43-33-18-8-6-16-29(33)31-25-40-23-22-37(31)43/h1-25H/i1D,2D,3D,4D,5D,9D,10D,12D,13D,14D,15D,19D,20D,24D. The van der Waals surface area contributed by atoms with Crippen LogP contribution in [0.25, 0.3) is 77.8 Å². The summed E-state index contributed by atoms with van der Waals surface area (Å²) in [5.41, 5.74) is 0.892. The third-order valence-corrected chi connectivity index (χ3v) is 7.50. The van der Waals surface area contributed by atoms with Crippen LogP contribution in [0.5, 0.6) is 0 Å². The lowest BCUT2D eigenvalue weighted by Gasteiger charge is -2.15. The molecule has 5 nitrogen and oxygen atoms in total. The van der Waals surface area contributed by atoms with Crippen molar-refractivity contribution in [3.63, 3.8) is 0 Å². The van der Waals surface area contributed by atoms with Crippen LogP contribution in [0.2, 0.25) is 0 Å². The summed E-state index contributed by atoms with van der Waals surface area (Å²) in [7, 11) is 0. The maximum atomic E-state index is 9.63. The maximum Gasteiger partial charge on any atom is 0.164 e. The lowest BCUT2D eigenvalue weighted by atomic mass is 10.1. The van der Waals surface area contributed by atoms with Crippen LogP contribution in [0.3, 0.4) is 0 Å². The zero-order valence-corrected chi connectivity index (χ0v) is 22.6. The van der Waals surface area contributed by atoms with Crippen LogP contribution in [-0.2, 0) is 0 Å². The van der Waals surface area contributed by atoms with E-state index >= 15 is 0 Å². The predicted octanol–water partition coefficient (Wildman–Crippen LogP) is 9.40. The predicted molar refractivity (Wildman–Crippen MR) is 179 cm³/mol. The summed E-state index contributed by atoms with van der Waals surface area (Å²) in [5, 5.41) is 1.22. The molecule has 0 saturated carbocycles. The van der Waals surface area contributed by atoms with Crippen molar-refractivity contribution in [1.29, 1.82) is 0 Å². The Labute approximate surface area is 273 Å². The molecule has 0 amide bonds. The number of pyridine rings is 1.